The maximum atomic E-state index is 12.4. The van der Waals surface area contributed by atoms with Crippen molar-refractivity contribution < 1.29 is 13.2 Å². The quantitative estimate of drug-likeness (QED) is 0.808. The molecule has 2 heterocycles. The van der Waals surface area contributed by atoms with Gasteiger partial charge in [-0.3, -0.25) is 0 Å². The lowest BCUT2D eigenvalue weighted by Gasteiger charge is -2.07. The van der Waals surface area contributed by atoms with Crippen molar-refractivity contribution in [3.05, 3.63) is 47.9 Å². The van der Waals surface area contributed by atoms with Gasteiger partial charge in [-0.2, -0.15) is 13.2 Å². The van der Waals surface area contributed by atoms with Gasteiger partial charge in [-0.05, 0) is 24.3 Å². The van der Waals surface area contributed by atoms with Gasteiger partial charge in [0.15, 0.2) is 5.69 Å². The summed E-state index contributed by atoms with van der Waals surface area (Å²) in [6.45, 7) is 0.339. The van der Waals surface area contributed by atoms with E-state index in [1.807, 2.05) is 35.9 Å². The van der Waals surface area contributed by atoms with Crippen LogP contribution in [0, 0.1) is 0 Å². The molecule has 0 saturated carbocycles. The number of fused-ring (bicyclic) bond motifs is 1. The van der Waals surface area contributed by atoms with Crippen LogP contribution in [-0.4, -0.2) is 19.7 Å². The zero-order valence-corrected chi connectivity index (χ0v) is 11.6. The van der Waals surface area contributed by atoms with E-state index in [4.69, 9.17) is 0 Å². The van der Waals surface area contributed by atoms with E-state index in [9.17, 15) is 13.2 Å². The molecule has 3 aromatic rings. The maximum Gasteiger partial charge on any atom is 0.435 e. The summed E-state index contributed by atoms with van der Waals surface area (Å²) in [6.07, 6.45) is -4.48. The van der Waals surface area contributed by atoms with Crippen molar-refractivity contribution in [2.75, 3.05) is 5.32 Å². The molecule has 0 spiro atoms. The zero-order chi connectivity index (χ0) is 15.7. The Hall–Kier alpha value is -2.64. The van der Waals surface area contributed by atoms with Crippen molar-refractivity contribution in [3.63, 3.8) is 0 Å². The summed E-state index contributed by atoms with van der Waals surface area (Å²) in [5.74, 6) is 1.02. The Morgan fingerprint density at radius 1 is 1.09 bits per heavy atom. The number of hydrogen-bond donors (Lipinski definition) is 1. The van der Waals surface area contributed by atoms with E-state index in [1.54, 1.807) is 0 Å². The SMILES string of the molecule is Cn1c(CNc2ccc(C(F)(F)F)nn2)nc2ccccc21. The maximum absolute atomic E-state index is 12.4. The molecule has 0 atom stereocenters. The number of nitrogens with one attached hydrogen (secondary N) is 1. The molecule has 5 nitrogen and oxygen atoms in total. The summed E-state index contributed by atoms with van der Waals surface area (Å²) in [4.78, 5) is 4.46. The molecule has 3 rings (SSSR count). The van der Waals surface area contributed by atoms with Crippen molar-refractivity contribution in [1.82, 2.24) is 19.7 Å². The molecule has 0 radical (unpaired) electrons. The van der Waals surface area contributed by atoms with Crippen LogP contribution in [0.15, 0.2) is 36.4 Å². The molecular formula is C14H12F3N5. The molecular weight excluding hydrogens is 295 g/mol. The predicted octanol–water partition coefficient (Wildman–Crippen LogP) is 2.99. The van der Waals surface area contributed by atoms with Crippen molar-refractivity contribution in [2.24, 2.45) is 7.05 Å². The molecule has 0 bridgehead atoms. The lowest BCUT2D eigenvalue weighted by molar-refractivity contribution is -0.141. The van der Waals surface area contributed by atoms with Crippen molar-refractivity contribution >= 4 is 16.9 Å². The lowest BCUT2D eigenvalue weighted by Crippen LogP contribution is -2.11. The standard InChI is InChI=1S/C14H12F3N5/c1-22-10-5-3-2-4-9(10)19-13(22)8-18-12-7-6-11(20-21-12)14(15,16)17/h2-7H,8H2,1H3,(H,18,21). The number of nitrogens with zero attached hydrogens (tertiary/aromatic N) is 4. The average molecular weight is 307 g/mol. The van der Waals surface area contributed by atoms with Gasteiger partial charge in [-0.1, -0.05) is 12.1 Å². The molecule has 0 aliphatic heterocycles. The van der Waals surface area contributed by atoms with E-state index in [2.05, 4.69) is 20.5 Å². The number of anilines is 1. The first-order chi connectivity index (χ1) is 10.4. The third kappa shape index (κ3) is 2.72. The number of alkyl halides is 3. The summed E-state index contributed by atoms with van der Waals surface area (Å²) >= 11 is 0. The molecule has 1 aromatic carbocycles. The largest absolute Gasteiger partial charge is 0.435 e. The van der Waals surface area contributed by atoms with Crippen LogP contribution in [0.3, 0.4) is 0 Å². The lowest BCUT2D eigenvalue weighted by atomic mass is 10.3. The smallest absolute Gasteiger partial charge is 0.361 e. The number of benzene rings is 1. The van der Waals surface area contributed by atoms with Gasteiger partial charge in [0.05, 0.1) is 17.6 Å². The molecule has 114 valence electrons. The number of para-hydroxylation sites is 2. The molecule has 0 amide bonds. The van der Waals surface area contributed by atoms with Gasteiger partial charge in [0, 0.05) is 7.05 Å². The zero-order valence-electron chi connectivity index (χ0n) is 11.6. The summed E-state index contributed by atoms with van der Waals surface area (Å²) in [7, 11) is 1.88. The molecule has 2 aromatic heterocycles. The Bertz CT molecular complexity index is 792. The Kier molecular flexibility index (Phi) is 3.44. The molecule has 0 aliphatic carbocycles. The van der Waals surface area contributed by atoms with Gasteiger partial charge in [0.25, 0.3) is 0 Å². The number of aryl methyl sites for hydroxylation is 1. The molecule has 0 unspecified atom stereocenters. The van der Waals surface area contributed by atoms with E-state index in [0.29, 0.717) is 6.54 Å². The van der Waals surface area contributed by atoms with Crippen LogP contribution in [0.1, 0.15) is 11.5 Å². The van der Waals surface area contributed by atoms with Gasteiger partial charge in [-0.15, -0.1) is 10.2 Å². The minimum absolute atomic E-state index is 0.264. The second-order valence-electron chi connectivity index (χ2n) is 4.73. The first-order valence-electron chi connectivity index (χ1n) is 6.50. The van der Waals surface area contributed by atoms with E-state index < -0.39 is 11.9 Å². The summed E-state index contributed by atoms with van der Waals surface area (Å²) in [5.41, 5.74) is 0.832. The average Bonchev–Trinajstić information content (AvgIpc) is 2.82. The predicted molar refractivity (Wildman–Crippen MR) is 75.1 cm³/mol. The number of halogens is 3. The van der Waals surface area contributed by atoms with Crippen LogP contribution >= 0.6 is 0 Å². The fraction of sp³-hybridized carbons (Fsp3) is 0.214. The van der Waals surface area contributed by atoms with Gasteiger partial charge < -0.3 is 9.88 Å². The van der Waals surface area contributed by atoms with Crippen LogP contribution in [0.4, 0.5) is 19.0 Å². The summed E-state index contributed by atoms with van der Waals surface area (Å²) in [5, 5.41) is 9.61. The van der Waals surface area contributed by atoms with E-state index in [0.717, 1.165) is 22.9 Å². The Labute approximate surface area is 123 Å². The highest BCUT2D eigenvalue weighted by Gasteiger charge is 2.32. The van der Waals surface area contributed by atoms with Crippen LogP contribution in [0.5, 0.6) is 0 Å². The highest BCUT2D eigenvalue weighted by atomic mass is 19.4. The number of imidazole rings is 1. The second-order valence-corrected chi connectivity index (χ2v) is 4.73. The van der Waals surface area contributed by atoms with Crippen LogP contribution in [0.2, 0.25) is 0 Å². The molecule has 0 aliphatic rings. The molecule has 0 fully saturated rings. The van der Waals surface area contributed by atoms with Gasteiger partial charge in [0.2, 0.25) is 0 Å². The van der Waals surface area contributed by atoms with Crippen LogP contribution < -0.4 is 5.32 Å². The van der Waals surface area contributed by atoms with E-state index in [1.165, 1.54) is 6.07 Å². The van der Waals surface area contributed by atoms with Crippen molar-refractivity contribution in [2.45, 2.75) is 12.7 Å². The highest BCUT2D eigenvalue weighted by Crippen LogP contribution is 2.27. The first-order valence-corrected chi connectivity index (χ1v) is 6.50. The van der Waals surface area contributed by atoms with Crippen molar-refractivity contribution in [3.8, 4) is 0 Å². The first kappa shape index (κ1) is 14.3. The van der Waals surface area contributed by atoms with E-state index >= 15 is 0 Å². The van der Waals surface area contributed by atoms with E-state index in [-0.39, 0.29) is 5.82 Å². The molecule has 0 saturated heterocycles. The third-order valence-electron chi connectivity index (χ3n) is 3.26. The Morgan fingerprint density at radius 3 is 2.50 bits per heavy atom. The molecule has 8 heteroatoms. The van der Waals surface area contributed by atoms with Crippen LogP contribution in [0.25, 0.3) is 11.0 Å². The molecule has 1 N–H and O–H groups in total. The summed E-state index contributed by atoms with van der Waals surface area (Å²) < 4.78 is 39.1. The third-order valence-corrected chi connectivity index (χ3v) is 3.26. The number of aromatic nitrogens is 4. The number of hydrogen-bond acceptors (Lipinski definition) is 4. The fourth-order valence-electron chi connectivity index (χ4n) is 2.10. The highest BCUT2D eigenvalue weighted by molar-refractivity contribution is 5.75. The molecule has 22 heavy (non-hydrogen) atoms. The van der Waals surface area contributed by atoms with Crippen LogP contribution in [-0.2, 0) is 19.8 Å². The minimum atomic E-state index is -4.48. The Balaban J connectivity index is 1.75. The summed E-state index contributed by atoms with van der Waals surface area (Å²) in [6, 6.07) is 9.81. The second kappa shape index (κ2) is 5.28. The van der Waals surface area contributed by atoms with Crippen molar-refractivity contribution in [1.29, 1.82) is 0 Å². The number of rotatable bonds is 3. The normalized spacial score (nSPS) is 11.8. The topological polar surface area (TPSA) is 55.6 Å². The van der Waals surface area contributed by atoms with Gasteiger partial charge in [0.1, 0.15) is 11.6 Å². The fourth-order valence-corrected chi connectivity index (χ4v) is 2.10. The monoisotopic (exact) mass is 307 g/mol. The van der Waals surface area contributed by atoms with Gasteiger partial charge >= 0.3 is 6.18 Å². The Morgan fingerprint density at radius 2 is 1.86 bits per heavy atom. The van der Waals surface area contributed by atoms with Gasteiger partial charge in [-0.25, -0.2) is 4.98 Å². The minimum Gasteiger partial charge on any atom is -0.361 e.